The van der Waals surface area contributed by atoms with Crippen LogP contribution < -0.4 is 10.1 Å². The molecule has 0 unspecified atom stereocenters. The molecule has 1 aromatic rings. The molecule has 1 fully saturated rings. The third-order valence-electron chi connectivity index (χ3n) is 4.40. The van der Waals surface area contributed by atoms with E-state index in [1.54, 1.807) is 7.11 Å². The van der Waals surface area contributed by atoms with E-state index in [2.05, 4.69) is 11.4 Å². The van der Waals surface area contributed by atoms with Crippen molar-refractivity contribution in [1.82, 2.24) is 5.32 Å². The van der Waals surface area contributed by atoms with E-state index < -0.39 is 17.1 Å². The van der Waals surface area contributed by atoms with E-state index in [1.165, 1.54) is 0 Å². The van der Waals surface area contributed by atoms with Gasteiger partial charge in [0, 0.05) is 6.04 Å². The minimum atomic E-state index is -0.513. The van der Waals surface area contributed by atoms with Gasteiger partial charge in [-0.15, -0.1) is 0 Å². The summed E-state index contributed by atoms with van der Waals surface area (Å²) in [6.07, 6.45) is 2.53. The van der Waals surface area contributed by atoms with Crippen LogP contribution in [0.3, 0.4) is 0 Å². The Morgan fingerprint density at radius 2 is 2.00 bits per heavy atom. The first kappa shape index (κ1) is 18.1. The molecule has 0 saturated heterocycles. The molecule has 0 aromatic heterocycles. The minimum Gasteiger partial charge on any atom is -0.497 e. The molecule has 1 amide bonds. The van der Waals surface area contributed by atoms with E-state index in [0.717, 1.165) is 24.2 Å². The molecule has 1 aromatic carbocycles. The van der Waals surface area contributed by atoms with Crippen LogP contribution in [0.2, 0.25) is 0 Å². The summed E-state index contributed by atoms with van der Waals surface area (Å²) >= 11 is 0. The van der Waals surface area contributed by atoms with Crippen molar-refractivity contribution in [2.45, 2.75) is 63.5 Å². The highest BCUT2D eigenvalue weighted by Gasteiger charge is 2.38. The summed E-state index contributed by atoms with van der Waals surface area (Å²) in [6, 6.07) is 10.3. The number of alkyl carbamates (subject to hydrolysis) is 1. The first-order chi connectivity index (χ1) is 11.3. The van der Waals surface area contributed by atoms with Crippen LogP contribution >= 0.6 is 0 Å². The van der Waals surface area contributed by atoms with Gasteiger partial charge in [-0.25, -0.2) is 4.79 Å². The van der Waals surface area contributed by atoms with E-state index in [0.29, 0.717) is 12.8 Å². The summed E-state index contributed by atoms with van der Waals surface area (Å²) < 4.78 is 10.6. The smallest absolute Gasteiger partial charge is 0.407 e. The van der Waals surface area contributed by atoms with Crippen molar-refractivity contribution in [2.75, 3.05) is 7.11 Å². The number of ether oxygens (including phenoxy) is 2. The molecule has 0 spiro atoms. The van der Waals surface area contributed by atoms with E-state index in [-0.39, 0.29) is 6.04 Å². The van der Waals surface area contributed by atoms with Gasteiger partial charge in [0.15, 0.2) is 0 Å². The number of carbonyl (C=O) groups excluding carboxylic acids is 1. The van der Waals surface area contributed by atoms with Crippen molar-refractivity contribution in [3.8, 4) is 11.8 Å². The zero-order valence-corrected chi connectivity index (χ0v) is 14.9. The Morgan fingerprint density at radius 1 is 1.33 bits per heavy atom. The number of hydrogen-bond donors (Lipinski definition) is 1. The second-order valence-electron chi connectivity index (χ2n) is 7.35. The monoisotopic (exact) mass is 330 g/mol. The van der Waals surface area contributed by atoms with E-state index >= 15 is 0 Å². The maximum Gasteiger partial charge on any atom is 0.407 e. The fourth-order valence-electron chi connectivity index (χ4n) is 3.11. The predicted molar refractivity (Wildman–Crippen MR) is 91.9 cm³/mol. The lowest BCUT2D eigenvalue weighted by atomic mass is 9.69. The van der Waals surface area contributed by atoms with Crippen LogP contribution in [0.5, 0.6) is 5.75 Å². The number of carbonyl (C=O) groups is 1. The van der Waals surface area contributed by atoms with E-state index in [9.17, 15) is 10.1 Å². The summed E-state index contributed by atoms with van der Waals surface area (Å²) in [5.74, 6) is 0.760. The third-order valence-corrected chi connectivity index (χ3v) is 4.40. The second-order valence-corrected chi connectivity index (χ2v) is 7.35. The molecule has 0 bridgehead atoms. The van der Waals surface area contributed by atoms with Gasteiger partial charge in [0.05, 0.1) is 18.6 Å². The summed E-state index contributed by atoms with van der Waals surface area (Å²) in [7, 11) is 1.62. The second kappa shape index (κ2) is 7.12. The maximum atomic E-state index is 11.9. The summed E-state index contributed by atoms with van der Waals surface area (Å²) in [5.41, 5.74) is -0.0313. The van der Waals surface area contributed by atoms with Gasteiger partial charge < -0.3 is 14.8 Å². The zero-order valence-electron chi connectivity index (χ0n) is 14.9. The number of nitriles is 1. The van der Waals surface area contributed by atoms with E-state index in [1.807, 2.05) is 45.0 Å². The molecular weight excluding hydrogens is 304 g/mol. The predicted octanol–water partition coefficient (Wildman–Crippen LogP) is 3.92. The average Bonchev–Trinajstić information content (AvgIpc) is 2.54. The molecule has 0 radical (unpaired) electrons. The molecule has 0 aliphatic heterocycles. The van der Waals surface area contributed by atoms with Crippen LogP contribution in [0.25, 0.3) is 0 Å². The van der Waals surface area contributed by atoms with Crippen molar-refractivity contribution in [3.63, 3.8) is 0 Å². The van der Waals surface area contributed by atoms with Crippen molar-refractivity contribution >= 4 is 6.09 Å². The highest BCUT2D eigenvalue weighted by Crippen LogP contribution is 2.40. The van der Waals surface area contributed by atoms with Gasteiger partial charge in [-0.2, -0.15) is 5.26 Å². The van der Waals surface area contributed by atoms with Gasteiger partial charge in [0.25, 0.3) is 0 Å². The normalized spacial score (nSPS) is 23.9. The number of nitrogens with one attached hydrogen (secondary N) is 1. The topological polar surface area (TPSA) is 71.3 Å². The zero-order chi connectivity index (χ0) is 17.8. The molecule has 1 saturated carbocycles. The van der Waals surface area contributed by atoms with Crippen LogP contribution in [0.1, 0.15) is 52.0 Å². The van der Waals surface area contributed by atoms with Crippen molar-refractivity contribution in [3.05, 3.63) is 29.8 Å². The molecule has 5 heteroatoms. The molecular formula is C19H26N2O3. The summed E-state index contributed by atoms with van der Waals surface area (Å²) in [4.78, 5) is 11.9. The standard InChI is InChI=1S/C19H26N2O3/c1-18(2,3)24-17(22)21-15-8-10-19(13-20,11-9-15)14-6-5-7-16(12-14)23-4/h5-7,12,15H,8-11H2,1-4H3,(H,21,22). The Labute approximate surface area is 144 Å². The van der Waals surface area contributed by atoms with Crippen LogP contribution in [0, 0.1) is 11.3 Å². The lowest BCUT2D eigenvalue weighted by molar-refractivity contribution is 0.0487. The van der Waals surface area contributed by atoms with Gasteiger partial charge in [0.1, 0.15) is 11.4 Å². The fourth-order valence-corrected chi connectivity index (χ4v) is 3.11. The average molecular weight is 330 g/mol. The number of benzene rings is 1. The van der Waals surface area contributed by atoms with Crippen LogP contribution in [-0.4, -0.2) is 24.8 Å². The number of amides is 1. The number of methoxy groups -OCH3 is 1. The Balaban J connectivity index is 2.01. The largest absolute Gasteiger partial charge is 0.497 e. The van der Waals surface area contributed by atoms with Crippen molar-refractivity contribution in [2.24, 2.45) is 0 Å². The quantitative estimate of drug-likeness (QED) is 0.911. The Kier molecular flexibility index (Phi) is 5.38. The Hall–Kier alpha value is -2.22. The Bertz CT molecular complexity index is 620. The molecule has 2 rings (SSSR count). The minimum absolute atomic E-state index is 0.0481. The summed E-state index contributed by atoms with van der Waals surface area (Å²) in [5, 5.41) is 12.7. The van der Waals surface area contributed by atoms with Crippen LogP contribution in [0.15, 0.2) is 24.3 Å². The molecule has 130 valence electrons. The number of rotatable bonds is 3. The van der Waals surface area contributed by atoms with Gasteiger partial charge in [-0.05, 0) is 64.2 Å². The Morgan fingerprint density at radius 3 is 2.54 bits per heavy atom. The van der Waals surface area contributed by atoms with Crippen molar-refractivity contribution in [1.29, 1.82) is 5.26 Å². The van der Waals surface area contributed by atoms with Gasteiger partial charge in [-0.3, -0.25) is 0 Å². The van der Waals surface area contributed by atoms with Crippen molar-refractivity contribution < 1.29 is 14.3 Å². The molecule has 0 atom stereocenters. The van der Waals surface area contributed by atoms with Gasteiger partial charge >= 0.3 is 6.09 Å². The molecule has 24 heavy (non-hydrogen) atoms. The molecule has 0 heterocycles. The maximum absolute atomic E-state index is 11.9. The first-order valence-electron chi connectivity index (χ1n) is 8.33. The highest BCUT2D eigenvalue weighted by molar-refractivity contribution is 5.68. The first-order valence-corrected chi connectivity index (χ1v) is 8.33. The summed E-state index contributed by atoms with van der Waals surface area (Å²) in [6.45, 7) is 5.53. The molecule has 5 nitrogen and oxygen atoms in total. The van der Waals surface area contributed by atoms with Gasteiger partial charge in [0.2, 0.25) is 0 Å². The van der Waals surface area contributed by atoms with Gasteiger partial charge in [-0.1, -0.05) is 12.1 Å². The molecule has 1 aliphatic carbocycles. The fraction of sp³-hybridized carbons (Fsp3) is 0.579. The lowest BCUT2D eigenvalue weighted by Crippen LogP contribution is -2.43. The number of nitrogens with zero attached hydrogens (tertiary/aromatic N) is 1. The number of hydrogen-bond acceptors (Lipinski definition) is 4. The third kappa shape index (κ3) is 4.41. The lowest BCUT2D eigenvalue weighted by Gasteiger charge is -2.36. The highest BCUT2D eigenvalue weighted by atomic mass is 16.6. The van der Waals surface area contributed by atoms with Crippen LogP contribution in [-0.2, 0) is 10.2 Å². The molecule has 1 aliphatic rings. The van der Waals surface area contributed by atoms with E-state index in [4.69, 9.17) is 9.47 Å². The van der Waals surface area contributed by atoms with Crippen LogP contribution in [0.4, 0.5) is 4.79 Å². The SMILES string of the molecule is COc1cccc(C2(C#N)CCC(NC(=O)OC(C)(C)C)CC2)c1. The molecule has 1 N–H and O–H groups in total.